The third kappa shape index (κ3) is 1.47. The molecule has 3 saturated carbocycles. The molecule has 0 aromatic carbocycles. The van der Waals surface area contributed by atoms with Gasteiger partial charge in [-0.15, -0.1) is 0 Å². The van der Waals surface area contributed by atoms with Crippen LogP contribution in [0.4, 0.5) is 0 Å². The first-order chi connectivity index (χ1) is 7.33. The average Bonchev–Trinajstić information content (AvgIpc) is 2.88. The van der Waals surface area contributed by atoms with Crippen LogP contribution in [0.1, 0.15) is 58.8 Å². The van der Waals surface area contributed by atoms with E-state index in [0.29, 0.717) is 0 Å². The number of rotatable bonds is 2. The van der Waals surface area contributed by atoms with Crippen molar-refractivity contribution < 1.29 is 0 Å². The van der Waals surface area contributed by atoms with Gasteiger partial charge in [-0.25, -0.2) is 0 Å². The minimum Gasteiger partial charge on any atom is -0.0651 e. The van der Waals surface area contributed by atoms with Gasteiger partial charge in [0.25, 0.3) is 0 Å². The number of hydrogen-bond acceptors (Lipinski definition) is 0. The van der Waals surface area contributed by atoms with E-state index in [9.17, 15) is 0 Å². The lowest BCUT2D eigenvalue weighted by Gasteiger charge is -2.43. The molecule has 0 spiro atoms. The van der Waals surface area contributed by atoms with Gasteiger partial charge in [-0.05, 0) is 67.6 Å². The summed E-state index contributed by atoms with van der Waals surface area (Å²) in [6.45, 7) is 4.84. The van der Waals surface area contributed by atoms with E-state index in [1.165, 1.54) is 12.8 Å². The van der Waals surface area contributed by atoms with Crippen molar-refractivity contribution in [3.05, 3.63) is 0 Å². The summed E-state index contributed by atoms with van der Waals surface area (Å²) in [6.07, 6.45) is 10.9. The number of hydrogen-bond donors (Lipinski definition) is 0. The predicted molar refractivity (Wildman–Crippen MR) is 64.6 cm³/mol. The Balaban J connectivity index is 1.76. The predicted octanol–water partition coefficient (Wildman–Crippen LogP) is 4.49. The Labute approximate surface area is 94.8 Å². The van der Waals surface area contributed by atoms with E-state index in [-0.39, 0.29) is 0 Å². The van der Waals surface area contributed by atoms with Gasteiger partial charge in [-0.3, -0.25) is 0 Å². The second kappa shape index (κ2) is 3.79. The Hall–Kier alpha value is 0. The molecular weight excluding hydrogens is 180 g/mol. The van der Waals surface area contributed by atoms with Crippen LogP contribution in [0.25, 0.3) is 0 Å². The molecule has 0 saturated heterocycles. The van der Waals surface area contributed by atoms with E-state index in [1.54, 1.807) is 32.1 Å². The van der Waals surface area contributed by atoms with Gasteiger partial charge in [-0.1, -0.05) is 26.7 Å². The standard InChI is InChI=1S/C15H26/c1-3-10-8-14-12-5-6-13(7-12)15(14)9-11(10)4-2/h10-15H,3-9H2,1-2H3. The van der Waals surface area contributed by atoms with Gasteiger partial charge < -0.3 is 0 Å². The van der Waals surface area contributed by atoms with Crippen molar-refractivity contribution in [3.63, 3.8) is 0 Å². The summed E-state index contributed by atoms with van der Waals surface area (Å²) in [5, 5.41) is 0. The molecule has 6 unspecified atom stereocenters. The van der Waals surface area contributed by atoms with Crippen molar-refractivity contribution in [2.75, 3.05) is 0 Å². The van der Waals surface area contributed by atoms with E-state index in [0.717, 1.165) is 35.5 Å². The van der Waals surface area contributed by atoms with Gasteiger partial charge in [0.1, 0.15) is 0 Å². The maximum atomic E-state index is 2.42. The molecule has 0 aromatic heterocycles. The zero-order valence-electron chi connectivity index (χ0n) is 10.4. The van der Waals surface area contributed by atoms with Crippen LogP contribution in [0.5, 0.6) is 0 Å². The third-order valence-corrected chi connectivity index (χ3v) is 6.14. The molecule has 0 aromatic rings. The van der Waals surface area contributed by atoms with Crippen molar-refractivity contribution in [2.45, 2.75) is 58.8 Å². The smallest absolute Gasteiger partial charge is 0.0352 e. The van der Waals surface area contributed by atoms with Crippen LogP contribution in [0.2, 0.25) is 0 Å². The van der Waals surface area contributed by atoms with Crippen LogP contribution >= 0.6 is 0 Å². The zero-order chi connectivity index (χ0) is 10.4. The molecule has 15 heavy (non-hydrogen) atoms. The van der Waals surface area contributed by atoms with Crippen molar-refractivity contribution in [3.8, 4) is 0 Å². The second-order valence-corrected chi connectivity index (χ2v) is 6.47. The van der Waals surface area contributed by atoms with Gasteiger partial charge in [0.2, 0.25) is 0 Å². The van der Waals surface area contributed by atoms with Gasteiger partial charge in [-0.2, -0.15) is 0 Å². The lowest BCUT2D eigenvalue weighted by atomic mass is 9.62. The third-order valence-electron chi connectivity index (χ3n) is 6.14. The Morgan fingerprint density at radius 1 is 0.733 bits per heavy atom. The summed E-state index contributed by atoms with van der Waals surface area (Å²) in [5.41, 5.74) is 0. The van der Waals surface area contributed by atoms with E-state index < -0.39 is 0 Å². The normalized spacial score (nSPS) is 53.2. The van der Waals surface area contributed by atoms with Gasteiger partial charge in [0.15, 0.2) is 0 Å². The van der Waals surface area contributed by atoms with Crippen LogP contribution in [-0.4, -0.2) is 0 Å². The van der Waals surface area contributed by atoms with Crippen molar-refractivity contribution in [1.82, 2.24) is 0 Å². The molecule has 0 amide bonds. The fourth-order valence-corrected chi connectivity index (χ4v) is 5.35. The molecule has 3 aliphatic carbocycles. The summed E-state index contributed by atoms with van der Waals surface area (Å²) < 4.78 is 0. The number of fused-ring (bicyclic) bond motifs is 5. The summed E-state index contributed by atoms with van der Waals surface area (Å²) in [4.78, 5) is 0. The molecule has 0 heteroatoms. The molecule has 0 heterocycles. The lowest BCUT2D eigenvalue weighted by molar-refractivity contribution is 0.0657. The summed E-state index contributed by atoms with van der Waals surface area (Å²) >= 11 is 0. The first-order valence-electron chi connectivity index (χ1n) is 7.33. The minimum atomic E-state index is 1.08. The Kier molecular flexibility index (Phi) is 2.57. The fourth-order valence-electron chi connectivity index (χ4n) is 5.35. The Morgan fingerprint density at radius 2 is 1.20 bits per heavy atom. The van der Waals surface area contributed by atoms with Crippen LogP contribution < -0.4 is 0 Å². The highest BCUT2D eigenvalue weighted by Crippen LogP contribution is 2.59. The van der Waals surface area contributed by atoms with E-state index in [4.69, 9.17) is 0 Å². The van der Waals surface area contributed by atoms with Crippen molar-refractivity contribution >= 4 is 0 Å². The fraction of sp³-hybridized carbons (Fsp3) is 1.00. The maximum Gasteiger partial charge on any atom is -0.0352 e. The Bertz CT molecular complexity index is 208. The summed E-state index contributed by atoms with van der Waals surface area (Å²) in [5.74, 6) is 6.80. The highest BCUT2D eigenvalue weighted by molar-refractivity contribution is 5.00. The van der Waals surface area contributed by atoms with Crippen LogP contribution in [0, 0.1) is 35.5 Å². The highest BCUT2D eigenvalue weighted by atomic mass is 14.6. The summed E-state index contributed by atoms with van der Waals surface area (Å²) in [7, 11) is 0. The topological polar surface area (TPSA) is 0 Å². The van der Waals surface area contributed by atoms with Gasteiger partial charge >= 0.3 is 0 Å². The molecule has 0 nitrogen and oxygen atoms in total. The molecular formula is C15H26. The highest BCUT2D eigenvalue weighted by Gasteiger charge is 2.50. The van der Waals surface area contributed by atoms with Gasteiger partial charge in [0, 0.05) is 0 Å². The molecule has 3 fully saturated rings. The molecule has 2 bridgehead atoms. The van der Waals surface area contributed by atoms with Crippen LogP contribution in [0.15, 0.2) is 0 Å². The van der Waals surface area contributed by atoms with Gasteiger partial charge in [0.05, 0.1) is 0 Å². The molecule has 3 aliphatic rings. The van der Waals surface area contributed by atoms with E-state index in [2.05, 4.69) is 13.8 Å². The summed E-state index contributed by atoms with van der Waals surface area (Å²) in [6, 6.07) is 0. The molecule has 0 radical (unpaired) electrons. The first kappa shape index (κ1) is 10.2. The first-order valence-corrected chi connectivity index (χ1v) is 7.33. The molecule has 0 aliphatic heterocycles. The van der Waals surface area contributed by atoms with E-state index >= 15 is 0 Å². The maximum absolute atomic E-state index is 2.42. The molecule has 3 rings (SSSR count). The SMILES string of the molecule is CCC1CC2C3CCC(C3)C2CC1CC. The molecule has 0 N–H and O–H groups in total. The largest absolute Gasteiger partial charge is 0.0651 e. The van der Waals surface area contributed by atoms with Crippen molar-refractivity contribution in [2.24, 2.45) is 35.5 Å². The van der Waals surface area contributed by atoms with Crippen molar-refractivity contribution in [1.29, 1.82) is 0 Å². The quantitative estimate of drug-likeness (QED) is 0.624. The Morgan fingerprint density at radius 3 is 1.60 bits per heavy atom. The van der Waals surface area contributed by atoms with Crippen LogP contribution in [0.3, 0.4) is 0 Å². The second-order valence-electron chi connectivity index (χ2n) is 6.47. The minimum absolute atomic E-state index is 1.08. The average molecular weight is 206 g/mol. The van der Waals surface area contributed by atoms with Crippen LogP contribution in [-0.2, 0) is 0 Å². The molecule has 6 atom stereocenters. The van der Waals surface area contributed by atoms with E-state index in [1.807, 2.05) is 0 Å². The zero-order valence-corrected chi connectivity index (χ0v) is 10.4. The monoisotopic (exact) mass is 206 g/mol. The molecule has 86 valence electrons. The lowest BCUT2D eigenvalue weighted by Crippen LogP contribution is -2.34.